The van der Waals surface area contributed by atoms with Gasteiger partial charge in [0.15, 0.2) is 0 Å². The molecule has 4 heteroatoms. The summed E-state index contributed by atoms with van der Waals surface area (Å²) < 4.78 is 0. The molecule has 1 N–H and O–H groups in total. The Kier molecular flexibility index (Phi) is 1.88. The fraction of sp³-hybridized carbons (Fsp3) is 0. The molecule has 0 atom stereocenters. The molecular formula is C14H8ClN3. The third-order valence-electron chi connectivity index (χ3n) is 3.14. The monoisotopic (exact) mass is 253 g/mol. The van der Waals surface area contributed by atoms with Gasteiger partial charge >= 0.3 is 0 Å². The highest BCUT2D eigenvalue weighted by Gasteiger charge is 2.09. The summed E-state index contributed by atoms with van der Waals surface area (Å²) in [6, 6.07) is 12.0. The number of nitrogens with one attached hydrogen (secondary N) is 1. The van der Waals surface area contributed by atoms with Crippen LogP contribution in [0.5, 0.6) is 0 Å². The predicted octanol–water partition coefficient (Wildman–Crippen LogP) is 3.92. The van der Waals surface area contributed by atoms with Crippen LogP contribution in [0.3, 0.4) is 0 Å². The summed E-state index contributed by atoms with van der Waals surface area (Å²) in [5, 5.41) is 2.73. The summed E-state index contributed by atoms with van der Waals surface area (Å²) in [4.78, 5) is 12.1. The first-order valence-electron chi connectivity index (χ1n) is 5.64. The molecule has 0 radical (unpaired) electrons. The minimum absolute atomic E-state index is 0.528. The smallest absolute Gasteiger partial charge is 0.125 e. The summed E-state index contributed by atoms with van der Waals surface area (Å²) in [6.45, 7) is 0. The van der Waals surface area contributed by atoms with Crippen molar-refractivity contribution in [3.8, 4) is 0 Å². The van der Waals surface area contributed by atoms with Crippen molar-refractivity contribution in [3.63, 3.8) is 0 Å². The van der Waals surface area contributed by atoms with E-state index in [0.29, 0.717) is 5.15 Å². The second-order valence-electron chi connectivity index (χ2n) is 4.21. The highest BCUT2D eigenvalue weighted by molar-refractivity contribution is 6.30. The maximum Gasteiger partial charge on any atom is 0.125 e. The van der Waals surface area contributed by atoms with Crippen molar-refractivity contribution in [2.75, 3.05) is 0 Å². The number of hydrogen-bond donors (Lipinski definition) is 1. The molecule has 4 rings (SSSR count). The number of fused-ring (bicyclic) bond motifs is 5. The molecule has 0 unspecified atom stereocenters. The summed E-state index contributed by atoms with van der Waals surface area (Å²) >= 11 is 6.00. The van der Waals surface area contributed by atoms with Crippen molar-refractivity contribution < 1.29 is 0 Å². The Morgan fingerprint density at radius 2 is 1.78 bits per heavy atom. The van der Waals surface area contributed by atoms with Crippen LogP contribution in [0.4, 0.5) is 0 Å². The van der Waals surface area contributed by atoms with E-state index in [1.165, 1.54) is 0 Å². The molecule has 0 aliphatic heterocycles. The van der Waals surface area contributed by atoms with Crippen LogP contribution in [0.1, 0.15) is 0 Å². The van der Waals surface area contributed by atoms with Crippen molar-refractivity contribution in [3.05, 3.63) is 47.7 Å². The zero-order valence-electron chi connectivity index (χ0n) is 9.31. The largest absolute Gasteiger partial charge is 0.343 e. The number of rotatable bonds is 0. The maximum absolute atomic E-state index is 6.00. The van der Waals surface area contributed by atoms with Crippen LogP contribution in [0, 0.1) is 0 Å². The third-order valence-corrected chi connectivity index (χ3v) is 3.33. The Bertz CT molecular complexity index is 895. The number of nitrogens with zero attached hydrogens (tertiary/aromatic N) is 2. The summed E-state index contributed by atoms with van der Waals surface area (Å²) in [6.07, 6.45) is 1.62. The van der Waals surface area contributed by atoms with Crippen LogP contribution in [0.15, 0.2) is 42.6 Å². The van der Waals surface area contributed by atoms with Crippen molar-refractivity contribution in [2.24, 2.45) is 0 Å². The lowest BCUT2D eigenvalue weighted by Gasteiger charge is -2.00. The first kappa shape index (κ1) is 9.85. The summed E-state index contributed by atoms with van der Waals surface area (Å²) in [5.41, 5.74) is 3.79. The van der Waals surface area contributed by atoms with Gasteiger partial charge in [0.05, 0.1) is 28.3 Å². The van der Waals surface area contributed by atoms with Crippen LogP contribution in [0.25, 0.3) is 32.8 Å². The van der Waals surface area contributed by atoms with E-state index in [1.807, 2.05) is 30.3 Å². The van der Waals surface area contributed by atoms with Gasteiger partial charge in [0, 0.05) is 10.8 Å². The average Bonchev–Trinajstić information content (AvgIpc) is 2.77. The Hall–Kier alpha value is -2.13. The number of hydrogen-bond acceptors (Lipinski definition) is 2. The predicted molar refractivity (Wildman–Crippen MR) is 73.9 cm³/mol. The van der Waals surface area contributed by atoms with E-state index >= 15 is 0 Å². The van der Waals surface area contributed by atoms with Crippen LogP contribution in [-0.4, -0.2) is 15.0 Å². The number of benzene rings is 2. The van der Waals surface area contributed by atoms with Gasteiger partial charge in [-0.25, -0.2) is 4.98 Å². The molecule has 18 heavy (non-hydrogen) atoms. The van der Waals surface area contributed by atoms with Gasteiger partial charge in [0.2, 0.25) is 0 Å². The highest BCUT2D eigenvalue weighted by atomic mass is 35.5. The zero-order chi connectivity index (χ0) is 12.1. The molecule has 0 aliphatic carbocycles. The van der Waals surface area contributed by atoms with E-state index in [1.54, 1.807) is 6.20 Å². The van der Waals surface area contributed by atoms with Crippen LogP contribution < -0.4 is 0 Å². The topological polar surface area (TPSA) is 41.6 Å². The molecule has 2 heterocycles. The lowest BCUT2D eigenvalue weighted by atomic mass is 10.1. The molecule has 4 aromatic rings. The third kappa shape index (κ3) is 1.25. The second kappa shape index (κ2) is 3.43. The highest BCUT2D eigenvalue weighted by Crippen LogP contribution is 2.30. The Labute approximate surface area is 107 Å². The number of aromatic nitrogens is 3. The SMILES string of the molecule is Clc1cnc2ccc3nc4ccccc4c3c2[nH]1. The van der Waals surface area contributed by atoms with E-state index in [0.717, 1.165) is 32.8 Å². The number of para-hydroxylation sites is 1. The molecule has 0 aliphatic rings. The van der Waals surface area contributed by atoms with E-state index < -0.39 is 0 Å². The number of H-pyrrole nitrogens is 1. The van der Waals surface area contributed by atoms with Crippen LogP contribution in [0.2, 0.25) is 5.15 Å². The second-order valence-corrected chi connectivity index (χ2v) is 4.62. The van der Waals surface area contributed by atoms with Crippen molar-refractivity contribution in [2.45, 2.75) is 0 Å². The van der Waals surface area contributed by atoms with E-state index in [-0.39, 0.29) is 0 Å². The minimum atomic E-state index is 0.528. The molecular weight excluding hydrogens is 246 g/mol. The Morgan fingerprint density at radius 1 is 0.944 bits per heavy atom. The van der Waals surface area contributed by atoms with Crippen LogP contribution >= 0.6 is 11.6 Å². The normalized spacial score (nSPS) is 11.6. The lowest BCUT2D eigenvalue weighted by molar-refractivity contribution is 1.30. The van der Waals surface area contributed by atoms with Crippen molar-refractivity contribution >= 4 is 44.4 Å². The van der Waals surface area contributed by atoms with Gasteiger partial charge in [0.1, 0.15) is 5.15 Å². The van der Waals surface area contributed by atoms with E-state index in [4.69, 9.17) is 11.6 Å². The maximum atomic E-state index is 6.00. The molecule has 0 amide bonds. The Morgan fingerprint density at radius 3 is 2.72 bits per heavy atom. The zero-order valence-corrected chi connectivity index (χ0v) is 10.1. The van der Waals surface area contributed by atoms with Crippen LogP contribution in [-0.2, 0) is 0 Å². The molecule has 3 nitrogen and oxygen atoms in total. The van der Waals surface area contributed by atoms with Gasteiger partial charge in [-0.1, -0.05) is 29.8 Å². The van der Waals surface area contributed by atoms with Gasteiger partial charge in [-0.05, 0) is 18.2 Å². The van der Waals surface area contributed by atoms with Crippen molar-refractivity contribution in [1.82, 2.24) is 15.0 Å². The standard InChI is InChI=1S/C14H8ClN3/c15-12-7-16-11-6-5-10-13(14(11)18-12)8-3-1-2-4-9(8)17-10/h1-7,18H. The van der Waals surface area contributed by atoms with Gasteiger partial charge < -0.3 is 4.98 Å². The fourth-order valence-electron chi connectivity index (χ4n) is 2.37. The molecule has 0 bridgehead atoms. The molecule has 0 saturated heterocycles. The van der Waals surface area contributed by atoms with E-state index in [2.05, 4.69) is 21.0 Å². The summed E-state index contributed by atoms with van der Waals surface area (Å²) in [7, 11) is 0. The number of halogens is 1. The first-order valence-corrected chi connectivity index (χ1v) is 6.02. The molecule has 0 fully saturated rings. The Balaban J connectivity index is 2.35. The van der Waals surface area contributed by atoms with Gasteiger partial charge in [0.25, 0.3) is 0 Å². The minimum Gasteiger partial charge on any atom is -0.343 e. The molecule has 0 saturated carbocycles. The average molecular weight is 254 g/mol. The molecule has 2 aromatic carbocycles. The number of aromatic amines is 1. The quantitative estimate of drug-likeness (QED) is 0.516. The fourth-order valence-corrected chi connectivity index (χ4v) is 2.51. The lowest BCUT2D eigenvalue weighted by Crippen LogP contribution is -1.84. The van der Waals surface area contributed by atoms with Gasteiger partial charge in [-0.15, -0.1) is 0 Å². The first-order chi connectivity index (χ1) is 8.83. The van der Waals surface area contributed by atoms with Crippen molar-refractivity contribution in [1.29, 1.82) is 0 Å². The molecule has 0 spiro atoms. The summed E-state index contributed by atoms with van der Waals surface area (Å²) in [5.74, 6) is 0. The molecule has 86 valence electrons. The van der Waals surface area contributed by atoms with E-state index in [9.17, 15) is 0 Å². The van der Waals surface area contributed by atoms with Gasteiger partial charge in [-0.3, -0.25) is 4.98 Å². The molecule has 2 aromatic heterocycles. The van der Waals surface area contributed by atoms with Gasteiger partial charge in [-0.2, -0.15) is 0 Å².